The maximum atomic E-state index is 6.06. The van der Waals surface area contributed by atoms with E-state index in [1.807, 2.05) is 61.1 Å². The van der Waals surface area contributed by atoms with Crippen molar-refractivity contribution in [3.8, 4) is 22.1 Å². The van der Waals surface area contributed by atoms with E-state index in [2.05, 4.69) is 45.7 Å². The summed E-state index contributed by atoms with van der Waals surface area (Å²) in [4.78, 5) is 18.8. The van der Waals surface area contributed by atoms with Crippen molar-refractivity contribution in [2.45, 2.75) is 19.4 Å². The lowest BCUT2D eigenvalue weighted by molar-refractivity contribution is 0.467. The van der Waals surface area contributed by atoms with Crippen LogP contribution in [0.3, 0.4) is 0 Å². The number of benzene rings is 2. The standard InChI is InChI=1S/C24H19BrN6OS/c25-18-3-1-2-4-19(18)30-24-26-11-20(33-24)16-7-9-17(10-8-16)32-23-21-22(27-13-28-23)31(14-29-21)12-15-5-6-15/h1-4,7-11,13-15H,5-6,12H2,(H,26,30). The highest BCUT2D eigenvalue weighted by Gasteiger charge is 2.23. The number of nitrogens with one attached hydrogen (secondary N) is 1. The number of imidazole rings is 1. The van der Waals surface area contributed by atoms with Gasteiger partial charge in [-0.15, -0.1) is 0 Å². The van der Waals surface area contributed by atoms with Gasteiger partial charge in [-0.05, 0) is 76.7 Å². The van der Waals surface area contributed by atoms with Gasteiger partial charge in [0.15, 0.2) is 16.3 Å². The molecule has 0 saturated heterocycles. The van der Waals surface area contributed by atoms with Gasteiger partial charge in [0.05, 0.1) is 16.9 Å². The van der Waals surface area contributed by atoms with Crippen LogP contribution in [-0.4, -0.2) is 24.5 Å². The molecule has 33 heavy (non-hydrogen) atoms. The maximum absolute atomic E-state index is 6.06. The first-order chi connectivity index (χ1) is 16.2. The summed E-state index contributed by atoms with van der Waals surface area (Å²) in [6.07, 6.45) is 7.80. The van der Waals surface area contributed by atoms with E-state index in [0.29, 0.717) is 17.1 Å². The van der Waals surface area contributed by atoms with Crippen molar-refractivity contribution in [3.63, 3.8) is 0 Å². The zero-order valence-corrected chi connectivity index (χ0v) is 19.9. The fourth-order valence-corrected chi connectivity index (χ4v) is 4.81. The van der Waals surface area contributed by atoms with Gasteiger partial charge < -0.3 is 14.6 Å². The number of rotatable bonds is 7. The molecule has 0 spiro atoms. The predicted octanol–water partition coefficient (Wildman–Crippen LogP) is 6.66. The topological polar surface area (TPSA) is 77.8 Å². The van der Waals surface area contributed by atoms with Crippen LogP contribution in [0.25, 0.3) is 21.6 Å². The Hall–Kier alpha value is -3.30. The molecule has 0 bridgehead atoms. The van der Waals surface area contributed by atoms with Crippen LogP contribution >= 0.6 is 27.3 Å². The van der Waals surface area contributed by atoms with Gasteiger partial charge in [0.1, 0.15) is 12.1 Å². The Balaban J connectivity index is 1.18. The van der Waals surface area contributed by atoms with E-state index in [-0.39, 0.29) is 0 Å². The van der Waals surface area contributed by atoms with E-state index in [0.717, 1.165) is 43.8 Å². The highest BCUT2D eigenvalue weighted by molar-refractivity contribution is 9.10. The maximum Gasteiger partial charge on any atom is 0.250 e. The number of para-hydroxylation sites is 1. The van der Waals surface area contributed by atoms with Crippen molar-refractivity contribution in [1.82, 2.24) is 24.5 Å². The predicted molar refractivity (Wildman–Crippen MR) is 133 cm³/mol. The van der Waals surface area contributed by atoms with Crippen molar-refractivity contribution in [1.29, 1.82) is 0 Å². The smallest absolute Gasteiger partial charge is 0.250 e. The molecule has 2 aromatic carbocycles. The molecule has 1 aliphatic rings. The molecular formula is C24H19BrN6OS. The second kappa shape index (κ2) is 8.57. The van der Waals surface area contributed by atoms with Crippen LogP contribution < -0.4 is 10.1 Å². The second-order valence-electron chi connectivity index (χ2n) is 7.95. The summed E-state index contributed by atoms with van der Waals surface area (Å²) in [6.45, 7) is 0.953. The molecule has 0 radical (unpaired) electrons. The fourth-order valence-electron chi connectivity index (χ4n) is 3.59. The van der Waals surface area contributed by atoms with Gasteiger partial charge in [0.25, 0.3) is 5.88 Å². The monoisotopic (exact) mass is 518 g/mol. The zero-order chi connectivity index (χ0) is 22.2. The molecule has 1 fully saturated rings. The van der Waals surface area contributed by atoms with E-state index in [4.69, 9.17) is 4.74 Å². The highest BCUT2D eigenvalue weighted by Crippen LogP contribution is 2.35. The number of fused-ring (bicyclic) bond motifs is 1. The minimum Gasteiger partial charge on any atom is -0.437 e. The first-order valence-corrected chi connectivity index (χ1v) is 12.3. The molecule has 164 valence electrons. The SMILES string of the molecule is Brc1ccccc1Nc1ncc(-c2ccc(Oc3ncnc4c3ncn4CC3CC3)cc2)s1. The first-order valence-electron chi connectivity index (χ1n) is 10.6. The summed E-state index contributed by atoms with van der Waals surface area (Å²) in [5, 5.41) is 4.19. The molecule has 1 N–H and O–H groups in total. The van der Waals surface area contributed by atoms with Gasteiger partial charge in [-0.2, -0.15) is 4.98 Å². The van der Waals surface area contributed by atoms with Gasteiger partial charge in [0.2, 0.25) is 0 Å². The van der Waals surface area contributed by atoms with Crippen molar-refractivity contribution in [3.05, 3.63) is 71.9 Å². The van der Waals surface area contributed by atoms with Crippen LogP contribution in [0, 0.1) is 5.92 Å². The molecule has 0 unspecified atom stereocenters. The fraction of sp³-hybridized carbons (Fsp3) is 0.167. The lowest BCUT2D eigenvalue weighted by Gasteiger charge is -2.06. The first kappa shape index (κ1) is 20.3. The molecule has 3 heterocycles. The minimum absolute atomic E-state index is 0.472. The summed E-state index contributed by atoms with van der Waals surface area (Å²) < 4.78 is 9.15. The molecule has 3 aromatic heterocycles. The average Bonchev–Trinajstić information content (AvgIpc) is 3.37. The molecule has 9 heteroatoms. The Morgan fingerprint density at radius 2 is 1.88 bits per heavy atom. The third-order valence-electron chi connectivity index (χ3n) is 5.49. The summed E-state index contributed by atoms with van der Waals surface area (Å²) in [7, 11) is 0. The Morgan fingerprint density at radius 1 is 1.03 bits per heavy atom. The minimum atomic E-state index is 0.472. The Labute approximate surface area is 202 Å². The molecule has 6 rings (SSSR count). The number of thiazole rings is 1. The molecule has 0 amide bonds. The Kier molecular flexibility index (Phi) is 5.27. The number of hydrogen-bond acceptors (Lipinski definition) is 7. The quantitative estimate of drug-likeness (QED) is 0.259. The number of halogens is 1. The lowest BCUT2D eigenvalue weighted by Crippen LogP contribution is -1.99. The van der Waals surface area contributed by atoms with Crippen LogP contribution in [0.5, 0.6) is 11.6 Å². The van der Waals surface area contributed by atoms with Gasteiger partial charge in [-0.25, -0.2) is 15.0 Å². The summed E-state index contributed by atoms with van der Waals surface area (Å²) in [5.74, 6) is 1.91. The van der Waals surface area contributed by atoms with Crippen LogP contribution in [-0.2, 0) is 6.54 Å². The van der Waals surface area contributed by atoms with Crippen molar-refractivity contribution >= 4 is 49.2 Å². The zero-order valence-electron chi connectivity index (χ0n) is 17.5. The molecule has 7 nitrogen and oxygen atoms in total. The van der Waals surface area contributed by atoms with Gasteiger partial charge in [0, 0.05) is 17.2 Å². The number of anilines is 2. The number of aromatic nitrogens is 5. The van der Waals surface area contributed by atoms with E-state index in [9.17, 15) is 0 Å². The van der Waals surface area contributed by atoms with E-state index in [1.165, 1.54) is 19.2 Å². The molecule has 0 atom stereocenters. The van der Waals surface area contributed by atoms with Gasteiger partial charge in [-0.1, -0.05) is 23.5 Å². The third-order valence-corrected chi connectivity index (χ3v) is 7.15. The van der Waals surface area contributed by atoms with E-state index >= 15 is 0 Å². The van der Waals surface area contributed by atoms with E-state index in [1.54, 1.807) is 11.3 Å². The normalized spacial score (nSPS) is 13.4. The van der Waals surface area contributed by atoms with Crippen LogP contribution in [0.4, 0.5) is 10.8 Å². The van der Waals surface area contributed by atoms with Crippen molar-refractivity contribution in [2.75, 3.05) is 5.32 Å². The van der Waals surface area contributed by atoms with Gasteiger partial charge in [-0.3, -0.25) is 0 Å². The van der Waals surface area contributed by atoms with Crippen molar-refractivity contribution in [2.24, 2.45) is 5.92 Å². The largest absolute Gasteiger partial charge is 0.437 e. The Bertz CT molecular complexity index is 1430. The third kappa shape index (κ3) is 4.34. The van der Waals surface area contributed by atoms with Crippen LogP contribution in [0.2, 0.25) is 0 Å². The number of nitrogens with zero attached hydrogens (tertiary/aromatic N) is 5. The number of hydrogen-bond donors (Lipinski definition) is 1. The van der Waals surface area contributed by atoms with Gasteiger partial charge >= 0.3 is 0 Å². The summed E-state index contributed by atoms with van der Waals surface area (Å²) in [5.41, 5.74) is 3.56. The molecule has 0 aliphatic heterocycles. The lowest BCUT2D eigenvalue weighted by atomic mass is 10.2. The molecular weight excluding hydrogens is 500 g/mol. The van der Waals surface area contributed by atoms with Crippen LogP contribution in [0.1, 0.15) is 12.8 Å². The highest BCUT2D eigenvalue weighted by atomic mass is 79.9. The van der Waals surface area contributed by atoms with Crippen molar-refractivity contribution < 1.29 is 4.74 Å². The molecule has 5 aromatic rings. The average molecular weight is 519 g/mol. The molecule has 1 saturated carbocycles. The Morgan fingerprint density at radius 3 is 2.70 bits per heavy atom. The molecule has 1 aliphatic carbocycles. The van der Waals surface area contributed by atoms with E-state index < -0.39 is 0 Å². The number of ether oxygens (including phenoxy) is 1. The van der Waals surface area contributed by atoms with Crippen LogP contribution in [0.15, 0.2) is 71.9 Å². The summed E-state index contributed by atoms with van der Waals surface area (Å²) >= 11 is 5.15. The second-order valence-corrected chi connectivity index (χ2v) is 9.84. The summed E-state index contributed by atoms with van der Waals surface area (Å²) in [6, 6.07) is 15.9.